The van der Waals surface area contributed by atoms with Crippen molar-refractivity contribution in [2.75, 3.05) is 4.90 Å². The van der Waals surface area contributed by atoms with Crippen molar-refractivity contribution in [2.24, 2.45) is 0 Å². The van der Waals surface area contributed by atoms with Crippen LogP contribution in [0.15, 0.2) is 337 Å². The molecule has 0 atom stereocenters. The smallest absolute Gasteiger partial charge is 0.249 e. The number of fused-ring (bicyclic) bond motifs is 7. The van der Waals surface area contributed by atoms with E-state index in [9.17, 15) is 0 Å². The average Bonchev–Trinajstić information content (AvgIpc) is 0.978. The van der Waals surface area contributed by atoms with Gasteiger partial charge in [0.25, 0.3) is 0 Å². The molecule has 2 nitrogen and oxygen atoms in total. The molecule has 15 aromatic rings. The summed E-state index contributed by atoms with van der Waals surface area (Å²) in [6.45, 7) is 6.84. The topological polar surface area (TPSA) is 8.17 Å². The number of nitrogens with zero attached hydrogens (tertiary/aromatic N) is 2. The second kappa shape index (κ2) is 22.5. The Hall–Kier alpha value is -10.9. The Labute approximate surface area is 543 Å². The summed E-state index contributed by atoms with van der Waals surface area (Å²) in [4.78, 5) is 5.18. The van der Waals surface area contributed by atoms with E-state index >= 15 is 0 Å². The van der Waals surface area contributed by atoms with E-state index in [1.54, 1.807) is 0 Å². The lowest BCUT2D eigenvalue weighted by Gasteiger charge is -2.42. The molecule has 0 saturated heterocycles. The van der Waals surface area contributed by atoms with Crippen molar-refractivity contribution in [1.82, 2.24) is 4.57 Å². The molecule has 2 aliphatic heterocycles. The molecular weight excluding hydrogens is 1130 g/mol. The van der Waals surface area contributed by atoms with E-state index in [4.69, 9.17) is 0 Å². The second-order valence-corrected chi connectivity index (χ2v) is 26.7. The van der Waals surface area contributed by atoms with Crippen molar-refractivity contribution in [3.63, 3.8) is 0 Å². The standard InChI is InChI=1S/C88H63BN2S/c1-88(2,3)72-43-46-81-77(55-72)76-37-22-23-40-80(76)90(81)73-56-83-86-85(57-73)92-84-54-65(71-51-68(60-29-14-6-15-30-60)48-69(52-71)61-31-16-7-17-32-61)42-45-79(84)89(86)78-44-41-64(70-49-66(58-25-10-4-11-26-58)47-67(50-70)59-27-12-5-13-28-59)53-82(78)91(83)87-74(62-33-18-8-19-34-62)38-24-39-75(87)63-35-20-9-21-36-63/h4-57H,1-3H3. The molecule has 0 aliphatic carbocycles. The fraction of sp³-hybridized carbons (Fsp3) is 0.0455. The summed E-state index contributed by atoms with van der Waals surface area (Å²) in [6.07, 6.45) is 0. The molecule has 434 valence electrons. The van der Waals surface area contributed by atoms with Crippen LogP contribution in [-0.2, 0) is 5.41 Å². The highest BCUT2D eigenvalue weighted by Crippen LogP contribution is 2.51. The molecule has 0 N–H and O–H groups in total. The van der Waals surface area contributed by atoms with Gasteiger partial charge < -0.3 is 9.47 Å². The first-order valence-corrected chi connectivity index (χ1v) is 32.8. The maximum Gasteiger partial charge on any atom is 0.249 e. The molecule has 4 heteroatoms. The van der Waals surface area contributed by atoms with Gasteiger partial charge in [0.2, 0.25) is 6.71 Å². The molecular formula is C88H63BN2S. The first-order chi connectivity index (χ1) is 45.2. The lowest BCUT2D eigenvalue weighted by molar-refractivity contribution is 0.591. The predicted molar refractivity (Wildman–Crippen MR) is 393 cm³/mol. The van der Waals surface area contributed by atoms with Crippen LogP contribution in [0, 0.1) is 0 Å². The van der Waals surface area contributed by atoms with Crippen LogP contribution in [-0.4, -0.2) is 11.3 Å². The summed E-state index contributed by atoms with van der Waals surface area (Å²) in [5.41, 5.74) is 30.9. The monoisotopic (exact) mass is 1190 g/mol. The van der Waals surface area contributed by atoms with Crippen molar-refractivity contribution < 1.29 is 0 Å². The Kier molecular flexibility index (Phi) is 13.5. The minimum Gasteiger partial charge on any atom is -0.310 e. The number of aromatic nitrogens is 1. The third-order valence-corrected chi connectivity index (χ3v) is 20.1. The minimum atomic E-state index is -0.109. The van der Waals surface area contributed by atoms with E-state index in [0.717, 1.165) is 50.4 Å². The molecule has 0 spiro atoms. The summed E-state index contributed by atoms with van der Waals surface area (Å²) < 4.78 is 2.54. The minimum absolute atomic E-state index is 0.0292. The number of rotatable bonds is 10. The van der Waals surface area contributed by atoms with E-state index < -0.39 is 0 Å². The highest BCUT2D eigenvalue weighted by Gasteiger charge is 2.43. The van der Waals surface area contributed by atoms with Crippen molar-refractivity contribution in [1.29, 1.82) is 0 Å². The van der Waals surface area contributed by atoms with Gasteiger partial charge in [-0.05, 0) is 179 Å². The van der Waals surface area contributed by atoms with E-state index in [2.05, 4.69) is 358 Å². The molecule has 3 heterocycles. The van der Waals surface area contributed by atoms with Gasteiger partial charge in [-0.25, -0.2) is 0 Å². The molecule has 14 aromatic carbocycles. The Morgan fingerprint density at radius 1 is 0.293 bits per heavy atom. The summed E-state index contributed by atoms with van der Waals surface area (Å²) >= 11 is 1.92. The lowest BCUT2D eigenvalue weighted by Crippen LogP contribution is -2.60. The van der Waals surface area contributed by atoms with Gasteiger partial charge in [0.1, 0.15) is 0 Å². The van der Waals surface area contributed by atoms with E-state index in [1.807, 2.05) is 11.8 Å². The molecule has 0 bridgehead atoms. The Morgan fingerprint density at radius 3 is 1.23 bits per heavy atom. The van der Waals surface area contributed by atoms with Crippen LogP contribution in [0.2, 0.25) is 0 Å². The van der Waals surface area contributed by atoms with Crippen LogP contribution in [0.5, 0.6) is 0 Å². The third kappa shape index (κ3) is 9.69. The van der Waals surface area contributed by atoms with Gasteiger partial charge in [-0.3, -0.25) is 0 Å². The normalized spacial score (nSPS) is 12.4. The van der Waals surface area contributed by atoms with Gasteiger partial charge in [0, 0.05) is 48.8 Å². The first-order valence-electron chi connectivity index (χ1n) is 32.0. The number of hydrogen-bond donors (Lipinski definition) is 0. The molecule has 0 saturated carbocycles. The predicted octanol–water partition coefficient (Wildman–Crippen LogP) is 22.2. The average molecular weight is 1190 g/mol. The number of para-hydroxylation sites is 2. The molecule has 1 aromatic heterocycles. The number of hydrogen-bond acceptors (Lipinski definition) is 2. The number of anilines is 3. The quantitative estimate of drug-likeness (QED) is 0.126. The Balaban J connectivity index is 0.966. The molecule has 0 fully saturated rings. The van der Waals surface area contributed by atoms with Crippen LogP contribution in [0.1, 0.15) is 26.3 Å². The van der Waals surface area contributed by atoms with Crippen LogP contribution < -0.4 is 21.3 Å². The van der Waals surface area contributed by atoms with Crippen molar-refractivity contribution >= 4 is 73.7 Å². The molecule has 17 rings (SSSR count). The maximum absolute atomic E-state index is 2.67. The summed E-state index contributed by atoms with van der Waals surface area (Å²) in [7, 11) is 0. The zero-order valence-corrected chi connectivity index (χ0v) is 52.4. The molecule has 0 amide bonds. The zero-order chi connectivity index (χ0) is 61.4. The van der Waals surface area contributed by atoms with Gasteiger partial charge in [-0.1, -0.05) is 287 Å². The Bertz CT molecular complexity index is 5150. The lowest BCUT2D eigenvalue weighted by atomic mass is 9.34. The largest absolute Gasteiger partial charge is 0.310 e. The van der Waals surface area contributed by atoms with Gasteiger partial charge in [-0.15, -0.1) is 0 Å². The van der Waals surface area contributed by atoms with Crippen molar-refractivity contribution in [3.8, 4) is 94.7 Å². The van der Waals surface area contributed by atoms with Gasteiger partial charge in [0.15, 0.2) is 0 Å². The fourth-order valence-electron chi connectivity index (χ4n) is 14.4. The number of benzene rings is 14. The molecule has 92 heavy (non-hydrogen) atoms. The molecule has 0 radical (unpaired) electrons. The summed E-state index contributed by atoms with van der Waals surface area (Å²) in [6, 6.07) is 123. The van der Waals surface area contributed by atoms with Crippen molar-refractivity contribution in [2.45, 2.75) is 36.0 Å². The van der Waals surface area contributed by atoms with Gasteiger partial charge in [-0.2, -0.15) is 0 Å². The van der Waals surface area contributed by atoms with Gasteiger partial charge in [0.05, 0.1) is 16.7 Å². The zero-order valence-electron chi connectivity index (χ0n) is 51.6. The van der Waals surface area contributed by atoms with Crippen LogP contribution in [0.25, 0.3) is 117 Å². The van der Waals surface area contributed by atoms with E-state index in [1.165, 1.54) is 115 Å². The highest BCUT2D eigenvalue weighted by molar-refractivity contribution is 8.00. The van der Waals surface area contributed by atoms with Crippen molar-refractivity contribution in [3.05, 3.63) is 333 Å². The second-order valence-electron chi connectivity index (χ2n) is 25.6. The molecule has 0 unspecified atom stereocenters. The maximum atomic E-state index is 2.67. The third-order valence-electron chi connectivity index (χ3n) is 18.9. The highest BCUT2D eigenvalue weighted by atomic mass is 32.2. The molecule has 2 aliphatic rings. The first kappa shape index (κ1) is 55.2. The Morgan fingerprint density at radius 2 is 0.728 bits per heavy atom. The van der Waals surface area contributed by atoms with Crippen LogP contribution in [0.4, 0.5) is 17.1 Å². The van der Waals surface area contributed by atoms with Gasteiger partial charge >= 0.3 is 0 Å². The van der Waals surface area contributed by atoms with Crippen LogP contribution >= 0.6 is 11.8 Å². The summed E-state index contributed by atoms with van der Waals surface area (Å²) in [5.74, 6) is 0. The SMILES string of the molecule is CC(C)(C)c1ccc2c(c1)c1ccccc1n2-c1cc2c3c(c1)N(c1c(-c4ccccc4)cccc1-c1ccccc1)c1cc(-c4cc(-c5ccccc5)cc(-c5ccccc5)c4)ccc1B3c1ccc(-c3cc(-c4ccccc4)cc(-c4ccccc4)c3)cc1S2. The van der Waals surface area contributed by atoms with Crippen LogP contribution in [0.3, 0.4) is 0 Å². The fourth-order valence-corrected chi connectivity index (χ4v) is 15.7. The summed E-state index contributed by atoms with van der Waals surface area (Å²) in [5, 5.41) is 2.50. The van der Waals surface area contributed by atoms with E-state index in [0.29, 0.717) is 0 Å². The van der Waals surface area contributed by atoms with E-state index in [-0.39, 0.29) is 12.1 Å².